The smallest absolute Gasteiger partial charge is 0.253 e. The van der Waals surface area contributed by atoms with Crippen LogP contribution in [0.4, 0.5) is 5.69 Å². The number of aryl methyl sites for hydroxylation is 2. The van der Waals surface area contributed by atoms with Gasteiger partial charge < -0.3 is 10.1 Å². The minimum Gasteiger partial charge on any atom is -0.490 e. The standard InChI is InChI=1S/C20H29N3O2/c1-6-19-22-15(4)13-20(24)23(19)12-11-21-17-7-9-18(10-8-17)25-16(5)14(2)3/h7-10,13-14,16,21H,6,11-12H2,1-5H3. The maximum Gasteiger partial charge on any atom is 0.253 e. The number of aromatic nitrogens is 2. The van der Waals surface area contributed by atoms with Crippen molar-refractivity contribution in [3.05, 3.63) is 52.2 Å². The van der Waals surface area contributed by atoms with E-state index in [2.05, 4.69) is 31.1 Å². The monoisotopic (exact) mass is 343 g/mol. The van der Waals surface area contributed by atoms with Crippen molar-refractivity contribution >= 4 is 5.69 Å². The number of ether oxygens (including phenoxy) is 1. The van der Waals surface area contributed by atoms with Crippen LogP contribution in [0.1, 0.15) is 39.2 Å². The molecule has 1 unspecified atom stereocenters. The van der Waals surface area contributed by atoms with Crippen LogP contribution in [0.5, 0.6) is 5.75 Å². The highest BCUT2D eigenvalue weighted by molar-refractivity contribution is 5.46. The minimum atomic E-state index is 0.0116. The third-order valence-electron chi connectivity index (χ3n) is 4.31. The van der Waals surface area contributed by atoms with Crippen molar-refractivity contribution in [1.29, 1.82) is 0 Å². The molecule has 1 heterocycles. The van der Waals surface area contributed by atoms with Gasteiger partial charge in [0.05, 0.1) is 6.10 Å². The van der Waals surface area contributed by atoms with Crippen LogP contribution in [0.15, 0.2) is 35.1 Å². The van der Waals surface area contributed by atoms with Crippen molar-refractivity contribution in [1.82, 2.24) is 9.55 Å². The first-order chi connectivity index (χ1) is 11.9. The average Bonchev–Trinajstić information content (AvgIpc) is 2.57. The number of benzene rings is 1. The van der Waals surface area contributed by atoms with Gasteiger partial charge in [0.1, 0.15) is 11.6 Å². The molecule has 0 amide bonds. The molecule has 0 radical (unpaired) electrons. The number of hydrogen-bond donors (Lipinski definition) is 1. The summed E-state index contributed by atoms with van der Waals surface area (Å²) in [6.45, 7) is 11.5. The second kappa shape index (κ2) is 8.70. The Kier molecular flexibility index (Phi) is 6.62. The Morgan fingerprint density at radius 1 is 1.20 bits per heavy atom. The lowest BCUT2D eigenvalue weighted by molar-refractivity contribution is 0.170. The predicted molar refractivity (Wildman–Crippen MR) is 102 cm³/mol. The molecule has 2 rings (SSSR count). The third-order valence-corrected chi connectivity index (χ3v) is 4.31. The maximum atomic E-state index is 12.1. The van der Waals surface area contributed by atoms with Gasteiger partial charge in [0, 0.05) is 37.0 Å². The Balaban J connectivity index is 1.93. The van der Waals surface area contributed by atoms with Crippen molar-refractivity contribution in [3.63, 3.8) is 0 Å². The summed E-state index contributed by atoms with van der Waals surface area (Å²) in [4.78, 5) is 16.6. The van der Waals surface area contributed by atoms with Crippen LogP contribution in [0.3, 0.4) is 0 Å². The molecule has 0 saturated heterocycles. The Bertz CT molecular complexity index is 736. The number of nitrogens with zero attached hydrogens (tertiary/aromatic N) is 2. The minimum absolute atomic E-state index is 0.0116. The van der Waals surface area contributed by atoms with Crippen LogP contribution >= 0.6 is 0 Å². The Hall–Kier alpha value is -2.30. The largest absolute Gasteiger partial charge is 0.490 e. The zero-order valence-electron chi connectivity index (χ0n) is 15.9. The molecule has 1 aromatic carbocycles. The highest BCUT2D eigenvalue weighted by Gasteiger charge is 2.08. The quantitative estimate of drug-likeness (QED) is 0.795. The summed E-state index contributed by atoms with van der Waals surface area (Å²) in [5.41, 5.74) is 1.80. The number of nitrogens with one attached hydrogen (secondary N) is 1. The van der Waals surface area contributed by atoms with Gasteiger partial charge in [-0.1, -0.05) is 20.8 Å². The Morgan fingerprint density at radius 3 is 2.48 bits per heavy atom. The van der Waals surface area contributed by atoms with Gasteiger partial charge in [-0.25, -0.2) is 4.98 Å². The molecule has 1 atom stereocenters. The first kappa shape index (κ1) is 19.0. The van der Waals surface area contributed by atoms with E-state index in [1.165, 1.54) is 0 Å². The van der Waals surface area contributed by atoms with E-state index in [0.717, 1.165) is 29.4 Å². The summed E-state index contributed by atoms with van der Waals surface area (Å²) in [6, 6.07) is 9.52. The van der Waals surface area contributed by atoms with Gasteiger partial charge in [0.25, 0.3) is 5.56 Å². The van der Waals surface area contributed by atoms with Crippen LogP contribution in [0.25, 0.3) is 0 Å². The van der Waals surface area contributed by atoms with Crippen molar-refractivity contribution < 1.29 is 4.74 Å². The first-order valence-corrected chi connectivity index (χ1v) is 8.98. The molecule has 0 spiro atoms. The van der Waals surface area contributed by atoms with Gasteiger partial charge >= 0.3 is 0 Å². The van der Waals surface area contributed by atoms with E-state index in [0.29, 0.717) is 19.0 Å². The van der Waals surface area contributed by atoms with E-state index >= 15 is 0 Å². The van der Waals surface area contributed by atoms with E-state index in [-0.39, 0.29) is 11.7 Å². The fourth-order valence-electron chi connectivity index (χ4n) is 2.50. The van der Waals surface area contributed by atoms with E-state index < -0.39 is 0 Å². The van der Waals surface area contributed by atoms with Crippen LogP contribution in [-0.4, -0.2) is 22.2 Å². The summed E-state index contributed by atoms with van der Waals surface area (Å²) < 4.78 is 7.62. The lowest BCUT2D eigenvalue weighted by atomic mass is 10.1. The molecular formula is C20H29N3O2. The molecule has 0 saturated carbocycles. The van der Waals surface area contributed by atoms with Crippen LogP contribution in [-0.2, 0) is 13.0 Å². The van der Waals surface area contributed by atoms with Crippen molar-refractivity contribution in [3.8, 4) is 5.75 Å². The van der Waals surface area contributed by atoms with Crippen LogP contribution in [0, 0.1) is 12.8 Å². The number of rotatable bonds is 8. The van der Waals surface area contributed by atoms with Gasteiger partial charge in [-0.05, 0) is 44.0 Å². The van der Waals surface area contributed by atoms with Crippen molar-refractivity contribution in [2.45, 2.75) is 53.7 Å². The maximum absolute atomic E-state index is 12.1. The third kappa shape index (κ3) is 5.34. The molecule has 25 heavy (non-hydrogen) atoms. The van der Waals surface area contributed by atoms with Crippen molar-refractivity contribution in [2.75, 3.05) is 11.9 Å². The number of hydrogen-bond acceptors (Lipinski definition) is 4. The molecule has 5 nitrogen and oxygen atoms in total. The molecule has 1 N–H and O–H groups in total. The van der Waals surface area contributed by atoms with Gasteiger partial charge in [-0.3, -0.25) is 9.36 Å². The molecule has 0 aliphatic rings. The predicted octanol–water partition coefficient (Wildman–Crippen LogP) is 3.65. The zero-order valence-corrected chi connectivity index (χ0v) is 15.9. The zero-order chi connectivity index (χ0) is 18.4. The molecule has 2 aromatic rings. The highest BCUT2D eigenvalue weighted by Crippen LogP contribution is 2.18. The molecule has 136 valence electrons. The summed E-state index contributed by atoms with van der Waals surface area (Å²) >= 11 is 0. The second-order valence-electron chi connectivity index (χ2n) is 6.68. The molecule has 0 aliphatic heterocycles. The summed E-state index contributed by atoms with van der Waals surface area (Å²) in [5, 5.41) is 3.35. The normalized spacial score (nSPS) is 12.2. The highest BCUT2D eigenvalue weighted by atomic mass is 16.5. The average molecular weight is 343 g/mol. The van der Waals surface area contributed by atoms with Crippen molar-refractivity contribution in [2.24, 2.45) is 5.92 Å². The lowest BCUT2D eigenvalue weighted by Gasteiger charge is -2.18. The van der Waals surface area contributed by atoms with Gasteiger partial charge in [0.15, 0.2) is 0 Å². The lowest BCUT2D eigenvalue weighted by Crippen LogP contribution is -2.27. The summed E-state index contributed by atoms with van der Waals surface area (Å²) in [5.74, 6) is 2.18. The fraction of sp³-hybridized carbons (Fsp3) is 0.500. The SMILES string of the molecule is CCc1nc(C)cc(=O)n1CCNc1ccc(OC(C)C(C)C)cc1. The Labute approximate surface area is 150 Å². The summed E-state index contributed by atoms with van der Waals surface area (Å²) in [7, 11) is 0. The van der Waals surface area contributed by atoms with E-state index in [4.69, 9.17) is 4.74 Å². The van der Waals surface area contributed by atoms with Gasteiger partial charge in [0.2, 0.25) is 0 Å². The van der Waals surface area contributed by atoms with Crippen LogP contribution in [0.2, 0.25) is 0 Å². The molecular weight excluding hydrogens is 314 g/mol. The van der Waals surface area contributed by atoms with E-state index in [1.54, 1.807) is 10.6 Å². The molecule has 5 heteroatoms. The topological polar surface area (TPSA) is 56.2 Å². The molecule has 0 bridgehead atoms. The van der Waals surface area contributed by atoms with E-state index in [9.17, 15) is 4.79 Å². The van der Waals surface area contributed by atoms with Gasteiger partial charge in [-0.2, -0.15) is 0 Å². The van der Waals surface area contributed by atoms with E-state index in [1.807, 2.05) is 38.1 Å². The van der Waals surface area contributed by atoms with Gasteiger partial charge in [-0.15, -0.1) is 0 Å². The second-order valence-corrected chi connectivity index (χ2v) is 6.68. The summed E-state index contributed by atoms with van der Waals surface area (Å²) in [6.07, 6.45) is 0.934. The molecule has 1 aromatic heterocycles. The number of anilines is 1. The first-order valence-electron chi connectivity index (χ1n) is 8.98. The fourth-order valence-corrected chi connectivity index (χ4v) is 2.50. The molecule has 0 fully saturated rings. The van der Waals surface area contributed by atoms with Crippen LogP contribution < -0.4 is 15.6 Å². The molecule has 0 aliphatic carbocycles. The Morgan fingerprint density at radius 2 is 1.88 bits per heavy atom.